The highest BCUT2D eigenvalue weighted by molar-refractivity contribution is 5.98. The molecule has 1 aromatic heterocycles. The van der Waals surface area contributed by atoms with Gasteiger partial charge in [-0.15, -0.1) is 0 Å². The Morgan fingerprint density at radius 3 is 2.95 bits per heavy atom. The van der Waals surface area contributed by atoms with E-state index in [0.717, 1.165) is 19.5 Å². The Labute approximate surface area is 110 Å². The molecule has 1 atom stereocenters. The van der Waals surface area contributed by atoms with Crippen LogP contribution in [0.4, 0.5) is 10.5 Å². The van der Waals surface area contributed by atoms with Crippen LogP contribution in [0.5, 0.6) is 0 Å². The van der Waals surface area contributed by atoms with Crippen LogP contribution in [0.1, 0.15) is 16.9 Å². The highest BCUT2D eigenvalue weighted by Gasteiger charge is 2.21. The molecule has 7 heteroatoms. The molecule has 2 amide bonds. The number of anilines is 1. The van der Waals surface area contributed by atoms with Gasteiger partial charge < -0.3 is 20.6 Å². The number of carbonyl (C=O) groups is 2. The first kappa shape index (κ1) is 13.3. The number of likely N-dealkylation sites (N-methyl/N-ethyl adjacent to an activating group) is 1. The molecule has 2 rings (SSSR count). The molecule has 1 aliphatic heterocycles. The Hall–Kier alpha value is -2.15. The molecule has 0 spiro atoms. The first-order valence-electron chi connectivity index (χ1n) is 6.00. The molecule has 0 aromatic carbocycles. The second kappa shape index (κ2) is 5.66. The number of hydrogen-bond donors (Lipinski definition) is 3. The van der Waals surface area contributed by atoms with Crippen LogP contribution in [0.15, 0.2) is 18.3 Å². The minimum atomic E-state index is -1.17. The molecule has 0 aliphatic carbocycles. The third kappa shape index (κ3) is 3.41. The predicted molar refractivity (Wildman–Crippen MR) is 69.3 cm³/mol. The van der Waals surface area contributed by atoms with Crippen molar-refractivity contribution in [2.45, 2.75) is 12.5 Å². The summed E-state index contributed by atoms with van der Waals surface area (Å²) in [5.41, 5.74) is 0.0278. The van der Waals surface area contributed by atoms with Gasteiger partial charge in [0.05, 0.1) is 5.69 Å². The van der Waals surface area contributed by atoms with E-state index in [1.54, 1.807) is 6.07 Å². The highest BCUT2D eigenvalue weighted by atomic mass is 16.4. The van der Waals surface area contributed by atoms with Gasteiger partial charge in [0, 0.05) is 18.8 Å². The van der Waals surface area contributed by atoms with E-state index < -0.39 is 12.0 Å². The number of likely N-dealkylation sites (tertiary alicyclic amines) is 1. The molecule has 1 unspecified atom stereocenters. The maximum absolute atomic E-state index is 11.8. The molecule has 3 N–H and O–H groups in total. The van der Waals surface area contributed by atoms with Crippen molar-refractivity contribution < 1.29 is 14.7 Å². The standard InChI is InChI=1S/C12H16N4O3/c1-16-6-4-8(7-16)14-12(19)15-9-3-2-5-13-10(9)11(17)18/h2-3,5,8H,4,6-7H2,1H3,(H,17,18)(H2,14,15,19). The van der Waals surface area contributed by atoms with Gasteiger partial charge >= 0.3 is 12.0 Å². The molecule has 0 radical (unpaired) electrons. The largest absolute Gasteiger partial charge is 0.476 e. The van der Waals surface area contributed by atoms with Crippen molar-refractivity contribution in [2.75, 3.05) is 25.5 Å². The zero-order valence-corrected chi connectivity index (χ0v) is 10.6. The summed E-state index contributed by atoms with van der Waals surface area (Å²) in [5, 5.41) is 14.3. The van der Waals surface area contributed by atoms with Gasteiger partial charge in [0.15, 0.2) is 5.69 Å². The summed E-state index contributed by atoms with van der Waals surface area (Å²) in [6.45, 7) is 1.74. The summed E-state index contributed by atoms with van der Waals surface area (Å²) >= 11 is 0. The maximum Gasteiger partial charge on any atom is 0.356 e. The average molecular weight is 264 g/mol. The van der Waals surface area contributed by atoms with Gasteiger partial charge in [-0.25, -0.2) is 14.6 Å². The van der Waals surface area contributed by atoms with E-state index >= 15 is 0 Å². The van der Waals surface area contributed by atoms with Crippen molar-refractivity contribution in [3.8, 4) is 0 Å². The van der Waals surface area contributed by atoms with Crippen LogP contribution < -0.4 is 10.6 Å². The zero-order chi connectivity index (χ0) is 13.8. The summed E-state index contributed by atoms with van der Waals surface area (Å²) in [4.78, 5) is 28.6. The van der Waals surface area contributed by atoms with Crippen molar-refractivity contribution in [3.63, 3.8) is 0 Å². The van der Waals surface area contributed by atoms with Crippen molar-refractivity contribution in [3.05, 3.63) is 24.0 Å². The van der Waals surface area contributed by atoms with Crippen molar-refractivity contribution in [2.24, 2.45) is 0 Å². The number of carboxylic acids is 1. The first-order valence-corrected chi connectivity index (χ1v) is 6.00. The minimum Gasteiger partial charge on any atom is -0.476 e. The Balaban J connectivity index is 1.97. The first-order chi connectivity index (χ1) is 9.06. The smallest absolute Gasteiger partial charge is 0.356 e. The van der Waals surface area contributed by atoms with Gasteiger partial charge in [0.1, 0.15) is 0 Å². The van der Waals surface area contributed by atoms with E-state index in [4.69, 9.17) is 5.11 Å². The molecule has 102 valence electrons. The van der Waals surface area contributed by atoms with Crippen LogP contribution in [-0.2, 0) is 0 Å². The molecule has 2 heterocycles. The van der Waals surface area contributed by atoms with Gasteiger partial charge in [-0.05, 0) is 32.1 Å². The molecule has 1 aliphatic rings. The number of aromatic carboxylic acids is 1. The normalized spacial score (nSPS) is 19.1. The topological polar surface area (TPSA) is 94.6 Å². The average Bonchev–Trinajstić information content (AvgIpc) is 2.75. The maximum atomic E-state index is 11.8. The van der Waals surface area contributed by atoms with Crippen LogP contribution in [0.3, 0.4) is 0 Å². The number of urea groups is 1. The fourth-order valence-corrected chi connectivity index (χ4v) is 2.07. The molecule has 0 bridgehead atoms. The highest BCUT2D eigenvalue weighted by Crippen LogP contribution is 2.12. The Bertz CT molecular complexity index is 492. The molecule has 0 saturated carbocycles. The van der Waals surface area contributed by atoms with E-state index in [9.17, 15) is 9.59 Å². The fraction of sp³-hybridized carbons (Fsp3) is 0.417. The number of nitrogens with zero attached hydrogens (tertiary/aromatic N) is 2. The van der Waals surface area contributed by atoms with Crippen LogP contribution in [0.25, 0.3) is 0 Å². The van der Waals surface area contributed by atoms with Crippen LogP contribution in [0, 0.1) is 0 Å². The van der Waals surface area contributed by atoms with E-state index in [-0.39, 0.29) is 17.4 Å². The SMILES string of the molecule is CN1CCC(NC(=O)Nc2cccnc2C(=O)O)C1. The molecule has 7 nitrogen and oxygen atoms in total. The fourth-order valence-electron chi connectivity index (χ4n) is 2.07. The van der Waals surface area contributed by atoms with Crippen LogP contribution >= 0.6 is 0 Å². The quantitative estimate of drug-likeness (QED) is 0.743. The summed E-state index contributed by atoms with van der Waals surface area (Å²) < 4.78 is 0. The second-order valence-electron chi connectivity index (χ2n) is 4.55. The summed E-state index contributed by atoms with van der Waals surface area (Å²) in [6, 6.07) is 2.77. The lowest BCUT2D eigenvalue weighted by atomic mass is 10.2. The third-order valence-electron chi connectivity index (χ3n) is 2.99. The number of amides is 2. The summed E-state index contributed by atoms with van der Waals surface area (Å²) in [5.74, 6) is -1.17. The molecular formula is C12H16N4O3. The van der Waals surface area contributed by atoms with Crippen molar-refractivity contribution in [1.82, 2.24) is 15.2 Å². The van der Waals surface area contributed by atoms with E-state index in [1.807, 2.05) is 7.05 Å². The third-order valence-corrected chi connectivity index (χ3v) is 2.99. The lowest BCUT2D eigenvalue weighted by Crippen LogP contribution is -2.39. The second-order valence-corrected chi connectivity index (χ2v) is 4.55. The van der Waals surface area contributed by atoms with Crippen LogP contribution in [-0.4, -0.2) is 53.2 Å². The molecule has 1 saturated heterocycles. The minimum absolute atomic E-state index is 0.0925. The Morgan fingerprint density at radius 1 is 1.53 bits per heavy atom. The van der Waals surface area contributed by atoms with E-state index in [2.05, 4.69) is 20.5 Å². The number of aromatic nitrogens is 1. The number of rotatable bonds is 3. The van der Waals surface area contributed by atoms with Crippen molar-refractivity contribution >= 4 is 17.7 Å². The van der Waals surface area contributed by atoms with Crippen LogP contribution in [0.2, 0.25) is 0 Å². The molecular weight excluding hydrogens is 248 g/mol. The number of hydrogen-bond acceptors (Lipinski definition) is 4. The molecule has 1 fully saturated rings. The summed E-state index contributed by atoms with van der Waals surface area (Å²) in [7, 11) is 1.99. The molecule has 1 aromatic rings. The predicted octanol–water partition coefficient (Wildman–Crippen LogP) is 0.605. The zero-order valence-electron chi connectivity index (χ0n) is 10.6. The lowest BCUT2D eigenvalue weighted by molar-refractivity contribution is 0.0692. The van der Waals surface area contributed by atoms with Gasteiger partial charge in [-0.2, -0.15) is 0 Å². The van der Waals surface area contributed by atoms with E-state index in [0.29, 0.717) is 0 Å². The van der Waals surface area contributed by atoms with Gasteiger partial charge in [-0.3, -0.25) is 0 Å². The number of pyridine rings is 1. The van der Waals surface area contributed by atoms with Crippen molar-refractivity contribution in [1.29, 1.82) is 0 Å². The van der Waals surface area contributed by atoms with Gasteiger partial charge in [0.25, 0.3) is 0 Å². The van der Waals surface area contributed by atoms with Gasteiger partial charge in [-0.1, -0.05) is 0 Å². The number of carbonyl (C=O) groups excluding carboxylic acids is 1. The Morgan fingerprint density at radius 2 is 2.32 bits per heavy atom. The number of carboxylic acid groups (broad SMARTS) is 1. The Kier molecular flexibility index (Phi) is 3.96. The summed E-state index contributed by atoms with van der Waals surface area (Å²) in [6.07, 6.45) is 2.27. The van der Waals surface area contributed by atoms with E-state index in [1.165, 1.54) is 12.3 Å². The van der Waals surface area contributed by atoms with Gasteiger partial charge in [0.2, 0.25) is 0 Å². The number of nitrogens with one attached hydrogen (secondary N) is 2. The lowest BCUT2D eigenvalue weighted by Gasteiger charge is -2.14. The molecule has 19 heavy (non-hydrogen) atoms. The monoisotopic (exact) mass is 264 g/mol.